The van der Waals surface area contributed by atoms with Crippen LogP contribution in [0.25, 0.3) is 0 Å². The molecule has 6 nitrogen and oxygen atoms in total. The Hall–Kier alpha value is -2.81. The van der Waals surface area contributed by atoms with Crippen molar-refractivity contribution in [3.63, 3.8) is 0 Å². The van der Waals surface area contributed by atoms with Crippen LogP contribution in [0.1, 0.15) is 6.92 Å². The van der Waals surface area contributed by atoms with Gasteiger partial charge in [-0.05, 0) is 24.6 Å². The molecule has 0 saturated carbocycles. The van der Waals surface area contributed by atoms with E-state index in [-0.39, 0.29) is 5.71 Å². The third kappa shape index (κ3) is 4.52. The third-order valence-electron chi connectivity index (χ3n) is 2.01. The maximum Gasteiger partial charge on any atom is 0.201 e. The van der Waals surface area contributed by atoms with Gasteiger partial charge in [0.15, 0.2) is 5.84 Å². The second-order valence-corrected chi connectivity index (χ2v) is 3.84. The van der Waals surface area contributed by atoms with Gasteiger partial charge in [-0.3, -0.25) is 10.8 Å². The van der Waals surface area contributed by atoms with Gasteiger partial charge < -0.3 is 10.5 Å². The summed E-state index contributed by atoms with van der Waals surface area (Å²) in [6.45, 7) is 6.00. The van der Waals surface area contributed by atoms with Gasteiger partial charge in [-0.2, -0.15) is 10.4 Å². The zero-order chi connectivity index (χ0) is 14.3. The number of hydrogen-bond acceptors (Lipinski definition) is 5. The van der Waals surface area contributed by atoms with Gasteiger partial charge in [0.1, 0.15) is 18.4 Å². The lowest BCUT2D eigenvalue weighted by Crippen LogP contribution is -2.21. The largest absolute Gasteiger partial charge is 0.487 e. The van der Waals surface area contributed by atoms with E-state index in [1.54, 1.807) is 24.3 Å². The third-order valence-corrected chi connectivity index (χ3v) is 2.01. The maximum absolute atomic E-state index is 8.74. The first kappa shape index (κ1) is 14.3. The number of ether oxygens (including phenoxy) is 1. The van der Waals surface area contributed by atoms with Crippen molar-refractivity contribution in [1.29, 1.82) is 10.7 Å². The highest BCUT2D eigenvalue weighted by Crippen LogP contribution is 2.24. The van der Waals surface area contributed by atoms with Crippen LogP contribution in [-0.4, -0.2) is 18.2 Å². The molecule has 0 bridgehead atoms. The molecule has 0 unspecified atom stereocenters. The molecular weight excluding hydrogens is 242 g/mol. The van der Waals surface area contributed by atoms with E-state index in [1.165, 1.54) is 0 Å². The van der Waals surface area contributed by atoms with Crippen LogP contribution in [0, 0.1) is 16.7 Å². The van der Waals surface area contributed by atoms with E-state index in [0.717, 1.165) is 5.57 Å². The molecular formula is C13H15N5O. The Morgan fingerprint density at radius 2 is 2.26 bits per heavy atom. The van der Waals surface area contributed by atoms with Crippen molar-refractivity contribution in [2.45, 2.75) is 6.92 Å². The summed E-state index contributed by atoms with van der Waals surface area (Å²) in [5.41, 5.74) is 9.14. The molecule has 6 heteroatoms. The van der Waals surface area contributed by atoms with Gasteiger partial charge >= 0.3 is 0 Å². The van der Waals surface area contributed by atoms with Gasteiger partial charge in [0.05, 0.1) is 5.69 Å². The molecule has 0 saturated heterocycles. The highest BCUT2D eigenvalue weighted by molar-refractivity contribution is 6.45. The first-order valence-electron chi connectivity index (χ1n) is 5.49. The van der Waals surface area contributed by atoms with E-state index in [4.69, 9.17) is 21.1 Å². The smallest absolute Gasteiger partial charge is 0.201 e. The standard InChI is InChI=1S/C13H15N5O/c1-9(2)8-19-12-6-4-3-5-10(12)17-18-11(7-14)13(15)16/h3-6,17H,1,8H2,2H3,(H3,15,16)/b18-11+. The molecule has 0 heterocycles. The molecule has 0 aliphatic carbocycles. The highest BCUT2D eigenvalue weighted by atomic mass is 16.5. The summed E-state index contributed by atoms with van der Waals surface area (Å²) in [6, 6.07) is 8.85. The SMILES string of the molecule is C=C(C)COc1ccccc1N/N=C(\C#N)C(=N)N. The van der Waals surface area contributed by atoms with Crippen LogP contribution in [0.4, 0.5) is 5.69 Å². The lowest BCUT2D eigenvalue weighted by atomic mass is 10.3. The van der Waals surface area contributed by atoms with Crippen molar-refractivity contribution in [1.82, 2.24) is 0 Å². The number of rotatable bonds is 6. The second-order valence-electron chi connectivity index (χ2n) is 3.84. The number of hydrazone groups is 1. The number of hydrogen-bond donors (Lipinski definition) is 3. The normalized spacial score (nSPS) is 10.4. The maximum atomic E-state index is 8.74. The van der Waals surface area contributed by atoms with Crippen molar-refractivity contribution in [3.8, 4) is 11.8 Å². The Bertz CT molecular complexity index is 556. The van der Waals surface area contributed by atoms with Crippen molar-refractivity contribution >= 4 is 17.2 Å². The van der Waals surface area contributed by atoms with Crippen LogP contribution in [0.2, 0.25) is 0 Å². The molecule has 1 aromatic carbocycles. The molecule has 1 rings (SSSR count). The average Bonchev–Trinajstić information content (AvgIpc) is 2.37. The van der Waals surface area contributed by atoms with Crippen LogP contribution in [-0.2, 0) is 0 Å². The summed E-state index contributed by atoms with van der Waals surface area (Å²) in [5.74, 6) is 0.186. The Morgan fingerprint density at radius 1 is 1.58 bits per heavy atom. The molecule has 0 amide bonds. The monoisotopic (exact) mass is 257 g/mol. The van der Waals surface area contributed by atoms with E-state index in [9.17, 15) is 0 Å². The summed E-state index contributed by atoms with van der Waals surface area (Å²) >= 11 is 0. The number of nitriles is 1. The van der Waals surface area contributed by atoms with Crippen LogP contribution in [0.3, 0.4) is 0 Å². The van der Waals surface area contributed by atoms with Crippen LogP contribution >= 0.6 is 0 Å². The number of nitrogens with two attached hydrogens (primary N) is 1. The molecule has 0 atom stereocenters. The van der Waals surface area contributed by atoms with Gasteiger partial charge in [-0.25, -0.2) is 0 Å². The van der Waals surface area contributed by atoms with Crippen LogP contribution in [0.15, 0.2) is 41.5 Å². The van der Waals surface area contributed by atoms with E-state index >= 15 is 0 Å². The van der Waals surface area contributed by atoms with Crippen molar-refractivity contribution < 1.29 is 4.74 Å². The summed E-state index contributed by atoms with van der Waals surface area (Å²) in [6.07, 6.45) is 0. The fourth-order valence-electron chi connectivity index (χ4n) is 1.15. The average molecular weight is 257 g/mol. The first-order valence-corrected chi connectivity index (χ1v) is 5.49. The summed E-state index contributed by atoms with van der Waals surface area (Å²) < 4.78 is 5.53. The predicted octanol–water partition coefficient (Wildman–Crippen LogP) is 1.87. The number of benzene rings is 1. The molecule has 4 N–H and O–H groups in total. The van der Waals surface area contributed by atoms with Gasteiger partial charge in [0.2, 0.25) is 5.71 Å². The first-order chi connectivity index (χ1) is 9.04. The highest BCUT2D eigenvalue weighted by Gasteiger charge is 2.04. The van der Waals surface area contributed by atoms with E-state index in [2.05, 4.69) is 17.1 Å². The molecule has 0 radical (unpaired) electrons. The molecule has 0 fully saturated rings. The number of para-hydroxylation sites is 2. The molecule has 98 valence electrons. The van der Waals surface area contributed by atoms with Gasteiger partial charge in [0.25, 0.3) is 0 Å². The molecule has 0 spiro atoms. The van der Waals surface area contributed by atoms with E-state index < -0.39 is 5.84 Å². The summed E-state index contributed by atoms with van der Waals surface area (Å²) in [4.78, 5) is 0. The predicted molar refractivity (Wildman–Crippen MR) is 75.3 cm³/mol. The van der Waals surface area contributed by atoms with Crippen molar-refractivity contribution in [2.75, 3.05) is 12.0 Å². The molecule has 19 heavy (non-hydrogen) atoms. The topological polar surface area (TPSA) is 107 Å². The lowest BCUT2D eigenvalue weighted by Gasteiger charge is -2.10. The fraction of sp³-hybridized carbons (Fsp3) is 0.154. The van der Waals surface area contributed by atoms with Crippen LogP contribution < -0.4 is 15.9 Å². The summed E-state index contributed by atoms with van der Waals surface area (Å²) in [5, 5.41) is 19.6. The summed E-state index contributed by atoms with van der Waals surface area (Å²) in [7, 11) is 0. The van der Waals surface area contributed by atoms with Crippen LogP contribution in [0.5, 0.6) is 5.75 Å². The minimum atomic E-state index is -0.393. The Morgan fingerprint density at radius 3 is 2.84 bits per heavy atom. The van der Waals surface area contributed by atoms with E-state index in [1.807, 2.05) is 13.0 Å². The van der Waals surface area contributed by atoms with Crippen molar-refractivity contribution in [2.24, 2.45) is 10.8 Å². The number of nitrogens with one attached hydrogen (secondary N) is 2. The number of anilines is 1. The number of amidine groups is 1. The zero-order valence-electron chi connectivity index (χ0n) is 10.6. The Labute approximate surface area is 111 Å². The fourth-order valence-corrected chi connectivity index (χ4v) is 1.15. The molecule has 1 aromatic rings. The zero-order valence-corrected chi connectivity index (χ0v) is 10.6. The Balaban J connectivity index is 2.86. The minimum Gasteiger partial charge on any atom is -0.487 e. The molecule has 0 aromatic heterocycles. The van der Waals surface area contributed by atoms with Gasteiger partial charge in [-0.1, -0.05) is 18.7 Å². The Kier molecular flexibility index (Phi) is 5.11. The second kappa shape index (κ2) is 6.81. The molecule has 0 aliphatic heterocycles. The van der Waals surface area contributed by atoms with E-state index in [0.29, 0.717) is 18.0 Å². The quantitative estimate of drug-likeness (QED) is 0.313. The van der Waals surface area contributed by atoms with Gasteiger partial charge in [0, 0.05) is 0 Å². The molecule has 0 aliphatic rings. The minimum absolute atomic E-state index is 0.185. The van der Waals surface area contributed by atoms with Crippen molar-refractivity contribution in [3.05, 3.63) is 36.4 Å². The lowest BCUT2D eigenvalue weighted by molar-refractivity contribution is 0.354. The number of nitrogens with zero attached hydrogens (tertiary/aromatic N) is 2. The van der Waals surface area contributed by atoms with Gasteiger partial charge in [-0.15, -0.1) is 0 Å².